The number of hydrogen-bond acceptors (Lipinski definition) is 5. The molecule has 0 fully saturated rings. The third-order valence-corrected chi connectivity index (χ3v) is 6.64. The van der Waals surface area contributed by atoms with E-state index in [1.807, 2.05) is 6.92 Å². The number of halogens is 3. The van der Waals surface area contributed by atoms with Crippen LogP contribution in [0.3, 0.4) is 0 Å². The molecule has 0 aliphatic rings. The Morgan fingerprint density at radius 3 is 2.28 bits per heavy atom. The van der Waals surface area contributed by atoms with Crippen LogP contribution in [0.2, 0.25) is 0 Å². The quantitative estimate of drug-likeness (QED) is 0.357. The van der Waals surface area contributed by atoms with E-state index in [2.05, 4.69) is 3.63 Å². The summed E-state index contributed by atoms with van der Waals surface area (Å²) in [7, 11) is -4.22. The van der Waals surface area contributed by atoms with Crippen molar-refractivity contribution < 1.29 is 34.7 Å². The van der Waals surface area contributed by atoms with Crippen LogP contribution >= 0.6 is 0 Å². The van der Waals surface area contributed by atoms with Gasteiger partial charge in [0, 0.05) is 12.7 Å². The molecule has 1 rings (SSSR count). The fraction of sp³-hybridized carbons (Fsp3) is 0.600. The normalized spacial score (nSPS) is 15.4. The van der Waals surface area contributed by atoms with Crippen LogP contribution in [0.25, 0.3) is 0 Å². The Bertz CT molecular complexity index is 643. The van der Waals surface area contributed by atoms with Gasteiger partial charge >= 0.3 is 15.6 Å². The predicted molar refractivity (Wildman–Crippen MR) is 89.1 cm³/mol. The van der Waals surface area contributed by atoms with Crippen molar-refractivity contribution in [2.75, 3.05) is 7.11 Å². The van der Waals surface area contributed by atoms with Crippen LogP contribution in [-0.4, -0.2) is 32.6 Å². The van der Waals surface area contributed by atoms with E-state index in [9.17, 15) is 21.6 Å². The molecule has 2 atom stereocenters. The van der Waals surface area contributed by atoms with Crippen molar-refractivity contribution in [1.82, 2.24) is 0 Å². The van der Waals surface area contributed by atoms with Crippen molar-refractivity contribution in [3.8, 4) is 0 Å². The van der Waals surface area contributed by atoms with Crippen molar-refractivity contribution in [1.29, 1.82) is 0 Å². The monoisotopic (exact) mass is 403 g/mol. The lowest BCUT2D eigenvalue weighted by Gasteiger charge is -2.16. The van der Waals surface area contributed by atoms with Crippen LogP contribution in [0.1, 0.15) is 32.8 Å². The summed E-state index contributed by atoms with van der Waals surface area (Å²) in [5, 5.41) is -0.484. The maximum absolute atomic E-state index is 12.7. The average molecular weight is 403 g/mol. The van der Waals surface area contributed by atoms with Gasteiger partial charge in [-0.3, -0.25) is 0 Å². The van der Waals surface area contributed by atoms with Gasteiger partial charge in [-0.1, -0.05) is 25.1 Å². The van der Waals surface area contributed by atoms with E-state index in [0.29, 0.717) is 16.9 Å². The van der Waals surface area contributed by atoms with Gasteiger partial charge in [-0.25, -0.2) is 0 Å². The molecule has 0 bridgehead atoms. The molecule has 0 aliphatic heterocycles. The number of benzene rings is 1. The summed E-state index contributed by atoms with van der Waals surface area (Å²) in [4.78, 5) is 0.358. The molecule has 0 aliphatic carbocycles. The van der Waals surface area contributed by atoms with E-state index < -0.39 is 38.3 Å². The highest BCUT2D eigenvalue weighted by molar-refractivity contribution is 8.03. The highest BCUT2D eigenvalue weighted by atomic mass is 32.3. The SMILES string of the molecule is CC[C@@H](OC)OCc1ccccc1[S+](OS(=O)(=O)C(F)(F)F)C(C)C. The Balaban J connectivity index is 3.13. The maximum atomic E-state index is 12.7. The van der Waals surface area contributed by atoms with Gasteiger partial charge in [0.15, 0.2) is 16.4 Å². The lowest BCUT2D eigenvalue weighted by molar-refractivity contribution is -0.132. The summed E-state index contributed by atoms with van der Waals surface area (Å²) in [6.45, 7) is 5.11. The van der Waals surface area contributed by atoms with E-state index in [0.717, 1.165) is 0 Å². The standard InChI is InChI=1S/C15H22F3O5S2/c1-5-14(21-4)22-10-12-8-6-7-9-13(12)24(11(2)3)23-25(19,20)15(16,17)18/h6-9,11,14H,5,10H2,1-4H3/q+1/t14-,24?/m0/s1. The minimum absolute atomic E-state index is 0.0637. The molecule has 0 spiro atoms. The highest BCUT2D eigenvalue weighted by Gasteiger charge is 2.54. The molecule has 1 aromatic rings. The van der Waals surface area contributed by atoms with E-state index in [-0.39, 0.29) is 6.61 Å². The minimum atomic E-state index is -5.70. The van der Waals surface area contributed by atoms with Gasteiger partial charge in [-0.2, -0.15) is 21.6 Å². The first kappa shape index (κ1) is 22.2. The first-order valence-electron chi connectivity index (χ1n) is 7.50. The first-order chi connectivity index (χ1) is 11.5. The number of rotatable bonds is 9. The topological polar surface area (TPSA) is 61.8 Å². The summed E-state index contributed by atoms with van der Waals surface area (Å²) in [6.07, 6.45) is 0.127. The summed E-state index contributed by atoms with van der Waals surface area (Å²) in [5.74, 6) is 0. The summed E-state index contributed by atoms with van der Waals surface area (Å²) >= 11 is -1.61. The second kappa shape index (κ2) is 9.22. The van der Waals surface area contributed by atoms with Crippen molar-refractivity contribution in [3.63, 3.8) is 0 Å². The first-order valence-corrected chi connectivity index (χ1v) is 10.1. The number of hydrogen-bond donors (Lipinski definition) is 0. The summed E-state index contributed by atoms with van der Waals surface area (Å²) in [5.41, 5.74) is -4.92. The van der Waals surface area contributed by atoms with Crippen molar-refractivity contribution in [2.45, 2.75) is 55.7 Å². The van der Waals surface area contributed by atoms with Crippen molar-refractivity contribution in [2.24, 2.45) is 0 Å². The molecule has 0 saturated carbocycles. The molecule has 0 N–H and O–H groups in total. The van der Waals surface area contributed by atoms with Gasteiger partial charge in [0.1, 0.15) is 0 Å². The van der Waals surface area contributed by atoms with E-state index >= 15 is 0 Å². The Hall–Kier alpha value is -0.810. The Morgan fingerprint density at radius 2 is 1.80 bits per heavy atom. The van der Waals surface area contributed by atoms with E-state index in [1.165, 1.54) is 7.11 Å². The molecule has 25 heavy (non-hydrogen) atoms. The Labute approximate surface area is 149 Å². The third kappa shape index (κ3) is 6.14. The average Bonchev–Trinajstić information content (AvgIpc) is 2.53. The van der Waals surface area contributed by atoms with E-state index in [1.54, 1.807) is 38.1 Å². The van der Waals surface area contributed by atoms with Crippen LogP contribution in [-0.2, 0) is 41.0 Å². The number of methoxy groups -OCH3 is 1. The zero-order valence-corrected chi connectivity index (χ0v) is 16.0. The summed E-state index contributed by atoms with van der Waals surface area (Å²) < 4.78 is 76.0. The third-order valence-electron chi connectivity index (χ3n) is 3.08. The van der Waals surface area contributed by atoms with Crippen LogP contribution in [0.5, 0.6) is 0 Å². The molecule has 144 valence electrons. The van der Waals surface area contributed by atoms with Crippen LogP contribution in [0.15, 0.2) is 29.2 Å². The van der Waals surface area contributed by atoms with Crippen molar-refractivity contribution >= 4 is 21.3 Å². The lowest BCUT2D eigenvalue weighted by Crippen LogP contribution is -2.32. The second-order valence-corrected chi connectivity index (χ2v) is 9.20. The zero-order valence-electron chi connectivity index (χ0n) is 14.4. The lowest BCUT2D eigenvalue weighted by atomic mass is 10.2. The fourth-order valence-corrected chi connectivity index (χ4v) is 4.97. The molecular weight excluding hydrogens is 381 g/mol. The van der Waals surface area contributed by atoms with E-state index in [4.69, 9.17) is 9.47 Å². The molecule has 0 saturated heterocycles. The molecule has 10 heteroatoms. The molecule has 0 radical (unpaired) electrons. The smallest absolute Gasteiger partial charge is 0.356 e. The van der Waals surface area contributed by atoms with Gasteiger partial charge in [-0.15, -0.1) is 0 Å². The van der Waals surface area contributed by atoms with Gasteiger partial charge in [-0.05, 0) is 30.0 Å². The molecule has 0 amide bonds. The predicted octanol–water partition coefficient (Wildman–Crippen LogP) is 3.75. The maximum Gasteiger partial charge on any atom is 0.527 e. The van der Waals surface area contributed by atoms with Gasteiger partial charge in [0.05, 0.1) is 6.61 Å². The molecule has 0 aromatic heterocycles. The zero-order chi connectivity index (χ0) is 19.3. The van der Waals surface area contributed by atoms with Gasteiger partial charge in [0.2, 0.25) is 11.2 Å². The molecule has 5 nitrogen and oxygen atoms in total. The molecule has 1 aromatic carbocycles. The Kier molecular flexibility index (Phi) is 8.20. The summed E-state index contributed by atoms with van der Waals surface area (Å²) in [6, 6.07) is 6.50. The molecule has 0 heterocycles. The Morgan fingerprint density at radius 1 is 1.20 bits per heavy atom. The van der Waals surface area contributed by atoms with Gasteiger partial charge < -0.3 is 9.47 Å². The van der Waals surface area contributed by atoms with Crippen molar-refractivity contribution in [3.05, 3.63) is 29.8 Å². The molecule has 1 unspecified atom stereocenters. The highest BCUT2D eigenvalue weighted by Crippen LogP contribution is 2.32. The second-order valence-electron chi connectivity index (χ2n) is 5.31. The van der Waals surface area contributed by atoms with Crippen LogP contribution in [0.4, 0.5) is 13.2 Å². The van der Waals surface area contributed by atoms with Gasteiger partial charge in [0.25, 0.3) is 0 Å². The largest absolute Gasteiger partial charge is 0.527 e. The number of alkyl halides is 3. The van der Waals surface area contributed by atoms with Crippen LogP contribution < -0.4 is 0 Å². The minimum Gasteiger partial charge on any atom is -0.356 e. The molecular formula is C15H22F3O5S2+. The van der Waals surface area contributed by atoms with Crippen LogP contribution in [0, 0.1) is 0 Å². The fourth-order valence-electron chi connectivity index (χ4n) is 1.86. The number of ether oxygens (including phenoxy) is 2.